The van der Waals surface area contributed by atoms with Gasteiger partial charge in [-0.2, -0.15) is 0 Å². The minimum Gasteiger partial charge on any atom is -0.355 e. The second-order valence-corrected chi connectivity index (χ2v) is 2.51. The molecular weight excluding hydrogens is 164 g/mol. The van der Waals surface area contributed by atoms with Crippen molar-refractivity contribution in [2.24, 2.45) is 4.99 Å². The molecule has 0 saturated carbocycles. The van der Waals surface area contributed by atoms with Crippen molar-refractivity contribution in [1.82, 2.24) is 5.32 Å². The van der Waals surface area contributed by atoms with Crippen molar-refractivity contribution in [3.63, 3.8) is 0 Å². The van der Waals surface area contributed by atoms with Crippen LogP contribution in [0.3, 0.4) is 0 Å². The summed E-state index contributed by atoms with van der Waals surface area (Å²) in [6.45, 7) is 5.62. The van der Waals surface area contributed by atoms with E-state index in [1.165, 1.54) is 0 Å². The summed E-state index contributed by atoms with van der Waals surface area (Å²) in [6, 6.07) is 0. The number of aliphatic imine (C=N–C) groups is 1. The van der Waals surface area contributed by atoms with Crippen LogP contribution in [0.15, 0.2) is 29.3 Å². The van der Waals surface area contributed by atoms with Crippen LogP contribution in [0.4, 0.5) is 0 Å². The number of carbonyl (C=O) groups is 1. The molecule has 1 amide bonds. The zero-order valence-electron chi connectivity index (χ0n) is 8.42. The lowest BCUT2D eigenvalue weighted by molar-refractivity contribution is -0.116. The summed E-state index contributed by atoms with van der Waals surface area (Å²) in [6.07, 6.45) is 4.33. The molecule has 3 nitrogen and oxygen atoms in total. The van der Waals surface area contributed by atoms with Gasteiger partial charge in [0.05, 0.1) is 0 Å². The lowest BCUT2D eigenvalue weighted by Gasteiger charge is -1.97. The highest BCUT2D eigenvalue weighted by Crippen LogP contribution is 1.95. The molecule has 0 aromatic heterocycles. The van der Waals surface area contributed by atoms with Gasteiger partial charge in [-0.15, -0.1) is 0 Å². The molecule has 3 heteroatoms. The summed E-state index contributed by atoms with van der Waals surface area (Å²) in [5.74, 6) is -0.164. The van der Waals surface area contributed by atoms with Crippen molar-refractivity contribution in [3.8, 4) is 0 Å². The Morgan fingerprint density at radius 1 is 1.54 bits per heavy atom. The minimum atomic E-state index is -0.164. The highest BCUT2D eigenvalue weighted by Gasteiger charge is 1.98. The quantitative estimate of drug-likeness (QED) is 0.396. The van der Waals surface area contributed by atoms with E-state index in [0.29, 0.717) is 5.57 Å². The van der Waals surface area contributed by atoms with Crippen LogP contribution in [-0.4, -0.2) is 25.7 Å². The van der Waals surface area contributed by atoms with Gasteiger partial charge in [-0.1, -0.05) is 13.5 Å². The Hall–Kier alpha value is -1.38. The smallest absolute Gasteiger partial charge is 0.250 e. The Kier molecular flexibility index (Phi) is 5.52. The maximum absolute atomic E-state index is 11.0. The van der Waals surface area contributed by atoms with E-state index in [1.807, 2.05) is 6.92 Å². The van der Waals surface area contributed by atoms with Crippen molar-refractivity contribution in [1.29, 1.82) is 0 Å². The molecule has 0 aromatic rings. The highest BCUT2D eigenvalue weighted by atomic mass is 16.1. The van der Waals surface area contributed by atoms with Gasteiger partial charge in [-0.05, 0) is 18.6 Å². The Balaban J connectivity index is 4.27. The average molecular weight is 180 g/mol. The SMILES string of the molecule is C=C(/C=C\C(CC)=NC)C(=O)NC. The maximum atomic E-state index is 11.0. The second kappa shape index (κ2) is 6.17. The van der Waals surface area contributed by atoms with Gasteiger partial charge in [0.15, 0.2) is 0 Å². The number of carbonyl (C=O) groups excluding carboxylic acids is 1. The summed E-state index contributed by atoms with van der Waals surface area (Å²) in [7, 11) is 3.31. The van der Waals surface area contributed by atoms with Crippen LogP contribution in [0.1, 0.15) is 13.3 Å². The topological polar surface area (TPSA) is 41.5 Å². The molecule has 0 heterocycles. The predicted molar refractivity (Wildman–Crippen MR) is 56.0 cm³/mol. The summed E-state index contributed by atoms with van der Waals surface area (Å²) in [4.78, 5) is 15.0. The molecule has 0 bridgehead atoms. The molecule has 0 unspecified atom stereocenters. The van der Waals surface area contributed by atoms with E-state index in [2.05, 4.69) is 16.9 Å². The van der Waals surface area contributed by atoms with E-state index >= 15 is 0 Å². The molecule has 1 N–H and O–H groups in total. The van der Waals surface area contributed by atoms with E-state index < -0.39 is 0 Å². The fraction of sp³-hybridized carbons (Fsp3) is 0.400. The van der Waals surface area contributed by atoms with Gasteiger partial charge in [0, 0.05) is 25.4 Å². The Bertz CT molecular complexity index is 252. The van der Waals surface area contributed by atoms with Gasteiger partial charge in [0.2, 0.25) is 5.91 Å². The molecule has 0 aliphatic carbocycles. The van der Waals surface area contributed by atoms with Crippen LogP contribution in [-0.2, 0) is 4.79 Å². The van der Waals surface area contributed by atoms with Crippen LogP contribution in [0.25, 0.3) is 0 Å². The third-order valence-corrected chi connectivity index (χ3v) is 1.65. The monoisotopic (exact) mass is 180 g/mol. The van der Waals surface area contributed by atoms with Crippen molar-refractivity contribution in [2.45, 2.75) is 13.3 Å². The minimum absolute atomic E-state index is 0.164. The predicted octanol–water partition coefficient (Wildman–Crippen LogP) is 1.33. The van der Waals surface area contributed by atoms with Crippen LogP contribution in [0, 0.1) is 0 Å². The van der Waals surface area contributed by atoms with Gasteiger partial charge in [0.1, 0.15) is 0 Å². The first-order valence-electron chi connectivity index (χ1n) is 4.20. The second-order valence-electron chi connectivity index (χ2n) is 2.51. The molecule has 0 fully saturated rings. The van der Waals surface area contributed by atoms with E-state index in [-0.39, 0.29) is 5.91 Å². The van der Waals surface area contributed by atoms with Gasteiger partial charge in [-0.3, -0.25) is 9.79 Å². The fourth-order valence-corrected chi connectivity index (χ4v) is 0.784. The zero-order valence-corrected chi connectivity index (χ0v) is 8.42. The lowest BCUT2D eigenvalue weighted by Crippen LogP contribution is -2.18. The molecule has 0 aliphatic rings. The molecule has 72 valence electrons. The van der Waals surface area contributed by atoms with Crippen molar-refractivity contribution < 1.29 is 4.79 Å². The van der Waals surface area contributed by atoms with Gasteiger partial charge in [-0.25, -0.2) is 0 Å². The average Bonchev–Trinajstić information content (AvgIpc) is 2.17. The maximum Gasteiger partial charge on any atom is 0.250 e. The Morgan fingerprint density at radius 3 is 2.54 bits per heavy atom. The van der Waals surface area contributed by atoms with Gasteiger partial charge in [0.25, 0.3) is 0 Å². The summed E-state index contributed by atoms with van der Waals surface area (Å²) in [5.41, 5.74) is 1.39. The number of likely N-dealkylation sites (N-methyl/N-ethyl adjacent to an activating group) is 1. The van der Waals surface area contributed by atoms with Crippen LogP contribution in [0.2, 0.25) is 0 Å². The number of rotatable bonds is 4. The zero-order chi connectivity index (χ0) is 10.3. The summed E-state index contributed by atoms with van der Waals surface area (Å²) < 4.78 is 0. The van der Waals surface area contributed by atoms with E-state index in [4.69, 9.17) is 0 Å². The molecule has 0 aromatic carbocycles. The number of hydrogen-bond donors (Lipinski definition) is 1. The highest BCUT2D eigenvalue weighted by molar-refractivity contribution is 5.99. The van der Waals surface area contributed by atoms with Crippen molar-refractivity contribution >= 4 is 11.6 Å². The van der Waals surface area contributed by atoms with E-state index in [1.54, 1.807) is 26.2 Å². The van der Waals surface area contributed by atoms with Crippen molar-refractivity contribution in [3.05, 3.63) is 24.3 Å². The molecule has 0 atom stereocenters. The molecule has 13 heavy (non-hydrogen) atoms. The molecule has 0 rings (SSSR count). The normalized spacial score (nSPS) is 11.8. The first-order valence-corrected chi connectivity index (χ1v) is 4.20. The molecule has 0 spiro atoms. The molecule has 0 saturated heterocycles. The molecule has 0 radical (unpaired) electrons. The van der Waals surface area contributed by atoms with Crippen LogP contribution < -0.4 is 5.32 Å². The first-order chi connectivity index (χ1) is 6.15. The fourth-order valence-electron chi connectivity index (χ4n) is 0.784. The van der Waals surface area contributed by atoms with Crippen molar-refractivity contribution in [2.75, 3.05) is 14.1 Å². The van der Waals surface area contributed by atoms with E-state index in [9.17, 15) is 4.79 Å². The van der Waals surface area contributed by atoms with E-state index in [0.717, 1.165) is 12.1 Å². The van der Waals surface area contributed by atoms with Crippen LogP contribution >= 0.6 is 0 Å². The Morgan fingerprint density at radius 2 is 2.15 bits per heavy atom. The molecule has 0 aliphatic heterocycles. The third-order valence-electron chi connectivity index (χ3n) is 1.65. The lowest BCUT2D eigenvalue weighted by atomic mass is 10.2. The number of nitrogens with one attached hydrogen (secondary N) is 1. The largest absolute Gasteiger partial charge is 0.355 e. The number of hydrogen-bond acceptors (Lipinski definition) is 2. The summed E-state index contributed by atoms with van der Waals surface area (Å²) in [5, 5.41) is 2.49. The standard InChI is InChI=1S/C10H16N2O/c1-5-9(11-3)7-6-8(2)10(13)12-4/h6-7H,2,5H2,1,3-4H3,(H,12,13)/b7-6-,11-9?. The number of allylic oxidation sites excluding steroid dienone is 1. The third kappa shape index (κ3) is 4.25. The van der Waals surface area contributed by atoms with Gasteiger partial charge < -0.3 is 5.32 Å². The Labute approximate surface area is 79.3 Å². The van der Waals surface area contributed by atoms with Gasteiger partial charge >= 0.3 is 0 Å². The first kappa shape index (κ1) is 11.6. The number of amides is 1. The number of nitrogens with zero attached hydrogens (tertiary/aromatic N) is 1. The van der Waals surface area contributed by atoms with Crippen LogP contribution in [0.5, 0.6) is 0 Å². The molecular formula is C10H16N2O. The summed E-state index contributed by atoms with van der Waals surface area (Å²) >= 11 is 0.